The Bertz CT molecular complexity index is 469. The van der Waals surface area contributed by atoms with Crippen molar-refractivity contribution in [2.75, 3.05) is 20.2 Å². The van der Waals surface area contributed by atoms with E-state index in [0.29, 0.717) is 18.2 Å². The summed E-state index contributed by atoms with van der Waals surface area (Å²) in [5.41, 5.74) is 0.483. The quantitative estimate of drug-likeness (QED) is 0.846. The minimum Gasteiger partial charge on any atom is -0.491 e. The normalized spacial score (nSPS) is 11.1. The number of hydrogen-bond donors (Lipinski definition) is 0. The van der Waals surface area contributed by atoms with E-state index in [2.05, 4.69) is 0 Å². The molecule has 1 amide bonds. The van der Waals surface area contributed by atoms with Crippen molar-refractivity contribution in [3.8, 4) is 5.75 Å². The SMILES string of the molecule is Cc1cc(Cl)ccc1OCCN(C)C(=O)OC(C)(C)C. The topological polar surface area (TPSA) is 38.8 Å². The number of halogens is 1. The lowest BCUT2D eigenvalue weighted by Crippen LogP contribution is -2.36. The highest BCUT2D eigenvalue weighted by atomic mass is 35.5. The minimum atomic E-state index is -0.487. The molecule has 4 nitrogen and oxygen atoms in total. The molecule has 1 aromatic carbocycles. The van der Waals surface area contributed by atoms with Crippen molar-refractivity contribution < 1.29 is 14.3 Å². The molecule has 0 atom stereocenters. The van der Waals surface area contributed by atoms with E-state index in [0.717, 1.165) is 11.3 Å². The number of amides is 1. The number of ether oxygens (including phenoxy) is 2. The third kappa shape index (κ3) is 5.70. The fourth-order valence-corrected chi connectivity index (χ4v) is 1.73. The van der Waals surface area contributed by atoms with E-state index in [4.69, 9.17) is 21.1 Å². The van der Waals surface area contributed by atoms with Crippen molar-refractivity contribution in [3.05, 3.63) is 28.8 Å². The number of hydrogen-bond acceptors (Lipinski definition) is 3. The molecule has 0 aliphatic carbocycles. The molecule has 0 aromatic heterocycles. The molecule has 112 valence electrons. The van der Waals surface area contributed by atoms with Gasteiger partial charge in [-0.15, -0.1) is 0 Å². The summed E-state index contributed by atoms with van der Waals surface area (Å²) in [6.07, 6.45) is -0.353. The Morgan fingerprint density at radius 2 is 2.00 bits per heavy atom. The summed E-state index contributed by atoms with van der Waals surface area (Å²) in [5.74, 6) is 0.770. The Labute approximate surface area is 125 Å². The third-order valence-electron chi connectivity index (χ3n) is 2.53. The van der Waals surface area contributed by atoms with Gasteiger partial charge in [0.2, 0.25) is 0 Å². The molecule has 1 aromatic rings. The van der Waals surface area contributed by atoms with Crippen molar-refractivity contribution in [2.24, 2.45) is 0 Å². The molecule has 0 unspecified atom stereocenters. The summed E-state index contributed by atoms with van der Waals surface area (Å²) >= 11 is 5.88. The molecular weight excluding hydrogens is 278 g/mol. The molecule has 0 N–H and O–H groups in total. The fraction of sp³-hybridized carbons (Fsp3) is 0.533. The van der Waals surface area contributed by atoms with Crippen molar-refractivity contribution in [1.29, 1.82) is 0 Å². The number of nitrogens with zero attached hydrogens (tertiary/aromatic N) is 1. The fourth-order valence-electron chi connectivity index (χ4n) is 1.50. The Balaban J connectivity index is 2.42. The van der Waals surface area contributed by atoms with Gasteiger partial charge >= 0.3 is 6.09 Å². The van der Waals surface area contributed by atoms with Crippen LogP contribution in [-0.4, -0.2) is 36.8 Å². The summed E-state index contributed by atoms with van der Waals surface area (Å²) in [6.45, 7) is 8.30. The van der Waals surface area contributed by atoms with Gasteiger partial charge in [-0.1, -0.05) is 11.6 Å². The lowest BCUT2D eigenvalue weighted by Gasteiger charge is -2.24. The molecular formula is C15H22ClNO3. The van der Waals surface area contributed by atoms with Crippen LogP contribution in [0.3, 0.4) is 0 Å². The molecule has 0 aliphatic heterocycles. The van der Waals surface area contributed by atoms with E-state index < -0.39 is 5.60 Å². The molecule has 0 spiro atoms. The number of likely N-dealkylation sites (N-methyl/N-ethyl adjacent to an activating group) is 1. The van der Waals surface area contributed by atoms with Crippen LogP contribution < -0.4 is 4.74 Å². The van der Waals surface area contributed by atoms with Gasteiger partial charge in [-0.05, 0) is 51.5 Å². The van der Waals surface area contributed by atoms with Crippen LogP contribution in [0.5, 0.6) is 5.75 Å². The van der Waals surface area contributed by atoms with Gasteiger partial charge in [-0.2, -0.15) is 0 Å². The summed E-state index contributed by atoms with van der Waals surface area (Å²) in [7, 11) is 1.69. The average Bonchev–Trinajstić information content (AvgIpc) is 2.29. The second kappa shape index (κ2) is 6.84. The van der Waals surface area contributed by atoms with E-state index in [1.165, 1.54) is 4.90 Å². The van der Waals surface area contributed by atoms with Gasteiger partial charge in [-0.25, -0.2) is 4.79 Å². The molecule has 0 saturated carbocycles. The standard InChI is InChI=1S/C15H22ClNO3/c1-11-10-12(16)6-7-13(11)19-9-8-17(5)14(18)20-15(2,3)4/h6-7,10H,8-9H2,1-5H3. The third-order valence-corrected chi connectivity index (χ3v) is 2.76. The molecule has 0 radical (unpaired) electrons. The van der Waals surface area contributed by atoms with Gasteiger partial charge in [0.25, 0.3) is 0 Å². The Hall–Kier alpha value is -1.42. The van der Waals surface area contributed by atoms with Crippen LogP contribution in [0.1, 0.15) is 26.3 Å². The molecule has 0 bridgehead atoms. The maximum atomic E-state index is 11.7. The number of carbonyl (C=O) groups excluding carboxylic acids is 1. The predicted molar refractivity (Wildman–Crippen MR) is 80.5 cm³/mol. The van der Waals surface area contributed by atoms with Crippen LogP contribution in [0.2, 0.25) is 5.02 Å². The van der Waals surface area contributed by atoms with Gasteiger partial charge in [0.15, 0.2) is 0 Å². The predicted octanol–water partition coefficient (Wildman–Crippen LogP) is 3.89. The summed E-state index contributed by atoms with van der Waals surface area (Å²) in [5, 5.41) is 0.681. The molecule has 5 heteroatoms. The summed E-state index contributed by atoms with van der Waals surface area (Å²) < 4.78 is 10.9. The largest absolute Gasteiger partial charge is 0.491 e. The van der Waals surface area contributed by atoms with Crippen molar-refractivity contribution in [1.82, 2.24) is 4.90 Å². The van der Waals surface area contributed by atoms with E-state index in [9.17, 15) is 4.79 Å². The highest BCUT2D eigenvalue weighted by Gasteiger charge is 2.19. The van der Waals surface area contributed by atoms with Gasteiger partial charge in [-0.3, -0.25) is 0 Å². The van der Waals surface area contributed by atoms with Gasteiger partial charge in [0.05, 0.1) is 6.54 Å². The lowest BCUT2D eigenvalue weighted by atomic mass is 10.2. The number of rotatable bonds is 4. The highest BCUT2D eigenvalue weighted by molar-refractivity contribution is 6.30. The van der Waals surface area contributed by atoms with Gasteiger partial charge < -0.3 is 14.4 Å². The number of aryl methyl sites for hydroxylation is 1. The van der Waals surface area contributed by atoms with Crippen LogP contribution in [0.25, 0.3) is 0 Å². The number of benzene rings is 1. The van der Waals surface area contributed by atoms with Crippen LogP contribution >= 0.6 is 11.6 Å². The molecule has 0 fully saturated rings. The second-order valence-electron chi connectivity index (χ2n) is 5.66. The second-order valence-corrected chi connectivity index (χ2v) is 6.10. The Morgan fingerprint density at radius 1 is 1.35 bits per heavy atom. The van der Waals surface area contributed by atoms with E-state index >= 15 is 0 Å². The summed E-state index contributed by atoms with van der Waals surface area (Å²) in [4.78, 5) is 13.2. The van der Waals surface area contributed by atoms with Crippen LogP contribution in [0, 0.1) is 6.92 Å². The molecule has 0 aliphatic rings. The smallest absolute Gasteiger partial charge is 0.410 e. The maximum Gasteiger partial charge on any atom is 0.410 e. The summed E-state index contributed by atoms with van der Waals surface area (Å²) in [6, 6.07) is 5.45. The van der Waals surface area contributed by atoms with Crippen LogP contribution in [-0.2, 0) is 4.74 Å². The molecule has 20 heavy (non-hydrogen) atoms. The highest BCUT2D eigenvalue weighted by Crippen LogP contribution is 2.21. The van der Waals surface area contributed by atoms with E-state index in [1.807, 2.05) is 39.8 Å². The first-order valence-corrected chi connectivity index (χ1v) is 6.90. The van der Waals surface area contributed by atoms with Crippen molar-refractivity contribution in [2.45, 2.75) is 33.3 Å². The zero-order valence-electron chi connectivity index (χ0n) is 12.7. The van der Waals surface area contributed by atoms with Crippen LogP contribution in [0.15, 0.2) is 18.2 Å². The van der Waals surface area contributed by atoms with E-state index in [-0.39, 0.29) is 6.09 Å². The average molecular weight is 300 g/mol. The van der Waals surface area contributed by atoms with Crippen molar-refractivity contribution in [3.63, 3.8) is 0 Å². The van der Waals surface area contributed by atoms with Gasteiger partial charge in [0, 0.05) is 12.1 Å². The number of carbonyl (C=O) groups is 1. The molecule has 1 rings (SSSR count). The first-order chi connectivity index (χ1) is 9.19. The van der Waals surface area contributed by atoms with Gasteiger partial charge in [0.1, 0.15) is 18.0 Å². The Morgan fingerprint density at radius 3 is 2.55 bits per heavy atom. The zero-order chi connectivity index (χ0) is 15.3. The lowest BCUT2D eigenvalue weighted by molar-refractivity contribution is 0.0278. The zero-order valence-corrected chi connectivity index (χ0v) is 13.5. The molecule has 0 saturated heterocycles. The van der Waals surface area contributed by atoms with E-state index in [1.54, 1.807) is 13.1 Å². The Kier molecular flexibility index (Phi) is 5.69. The first-order valence-electron chi connectivity index (χ1n) is 6.52. The monoisotopic (exact) mass is 299 g/mol. The molecule has 0 heterocycles. The van der Waals surface area contributed by atoms with Crippen LogP contribution in [0.4, 0.5) is 4.79 Å². The first kappa shape index (κ1) is 16.6. The van der Waals surface area contributed by atoms with Crippen molar-refractivity contribution >= 4 is 17.7 Å². The minimum absolute atomic E-state index is 0.353. The maximum absolute atomic E-state index is 11.7.